The van der Waals surface area contributed by atoms with E-state index in [0.29, 0.717) is 0 Å². The maximum atomic E-state index is 3.63. The lowest BCUT2D eigenvalue weighted by Gasteiger charge is -2.29. The maximum Gasteiger partial charge on any atom is 0.0367 e. The Morgan fingerprint density at radius 2 is 1.50 bits per heavy atom. The van der Waals surface area contributed by atoms with E-state index in [1.165, 1.54) is 75.8 Å². The first-order valence-electron chi connectivity index (χ1n) is 8.51. The molecule has 1 N–H and O–H groups in total. The second-order valence-electron chi connectivity index (χ2n) is 6.48. The first-order chi connectivity index (χ1) is 9.92. The number of anilines is 2. The van der Waals surface area contributed by atoms with E-state index in [9.17, 15) is 0 Å². The molecule has 20 heavy (non-hydrogen) atoms. The van der Waals surface area contributed by atoms with Gasteiger partial charge in [0.2, 0.25) is 0 Å². The van der Waals surface area contributed by atoms with Gasteiger partial charge in [-0.25, -0.2) is 0 Å². The number of rotatable bonds is 4. The van der Waals surface area contributed by atoms with Gasteiger partial charge in [0.05, 0.1) is 0 Å². The van der Waals surface area contributed by atoms with Crippen LogP contribution in [0.25, 0.3) is 0 Å². The molecule has 0 spiro atoms. The first-order valence-corrected chi connectivity index (χ1v) is 8.51. The average Bonchev–Trinajstić information content (AvgIpc) is 2.55. The molecule has 1 saturated heterocycles. The van der Waals surface area contributed by atoms with Crippen molar-refractivity contribution in [3.05, 3.63) is 24.3 Å². The zero-order chi connectivity index (χ0) is 13.6. The SMILES string of the molecule is c1cc(N2CCCCC2)ccc1NCC1CCCCC1. The molecule has 1 aliphatic carbocycles. The van der Waals surface area contributed by atoms with Gasteiger partial charge in [-0.1, -0.05) is 19.3 Å². The van der Waals surface area contributed by atoms with E-state index in [1.54, 1.807) is 0 Å². The molecule has 0 unspecified atom stereocenters. The van der Waals surface area contributed by atoms with Crippen molar-refractivity contribution in [2.45, 2.75) is 51.4 Å². The third-order valence-electron chi connectivity index (χ3n) is 4.91. The van der Waals surface area contributed by atoms with Crippen LogP contribution in [0.5, 0.6) is 0 Å². The summed E-state index contributed by atoms with van der Waals surface area (Å²) in [5, 5.41) is 3.63. The van der Waals surface area contributed by atoms with Crippen molar-refractivity contribution in [1.82, 2.24) is 0 Å². The quantitative estimate of drug-likeness (QED) is 0.857. The highest BCUT2D eigenvalue weighted by atomic mass is 15.1. The molecule has 1 aliphatic heterocycles. The van der Waals surface area contributed by atoms with E-state index in [-0.39, 0.29) is 0 Å². The summed E-state index contributed by atoms with van der Waals surface area (Å²) >= 11 is 0. The molecule has 0 amide bonds. The predicted octanol–water partition coefficient (Wildman–Crippen LogP) is 4.67. The Kier molecular flexibility index (Phi) is 4.83. The number of nitrogens with one attached hydrogen (secondary N) is 1. The van der Waals surface area contributed by atoms with Crippen molar-refractivity contribution in [1.29, 1.82) is 0 Å². The van der Waals surface area contributed by atoms with Crippen LogP contribution in [-0.4, -0.2) is 19.6 Å². The van der Waals surface area contributed by atoms with Crippen molar-refractivity contribution < 1.29 is 0 Å². The van der Waals surface area contributed by atoms with E-state index in [2.05, 4.69) is 34.5 Å². The molecule has 0 aromatic heterocycles. The lowest BCUT2D eigenvalue weighted by molar-refractivity contribution is 0.373. The molecule has 2 heteroatoms. The number of piperidine rings is 1. The summed E-state index contributed by atoms with van der Waals surface area (Å²) in [5.41, 5.74) is 2.68. The molecule has 1 saturated carbocycles. The Hall–Kier alpha value is -1.18. The molecule has 0 atom stereocenters. The normalized spacial score (nSPS) is 20.9. The van der Waals surface area contributed by atoms with Gasteiger partial charge in [-0.3, -0.25) is 0 Å². The zero-order valence-electron chi connectivity index (χ0n) is 12.6. The molecule has 110 valence electrons. The Labute approximate surface area is 123 Å². The van der Waals surface area contributed by atoms with Gasteiger partial charge in [0.25, 0.3) is 0 Å². The fourth-order valence-electron chi connectivity index (χ4n) is 3.60. The molecular weight excluding hydrogens is 244 g/mol. The predicted molar refractivity (Wildman–Crippen MR) is 87.6 cm³/mol. The van der Waals surface area contributed by atoms with Crippen molar-refractivity contribution in [3.63, 3.8) is 0 Å². The van der Waals surface area contributed by atoms with Gasteiger partial charge in [-0.05, 0) is 62.3 Å². The van der Waals surface area contributed by atoms with Gasteiger partial charge in [0, 0.05) is 31.0 Å². The largest absolute Gasteiger partial charge is 0.385 e. The molecule has 1 aromatic carbocycles. The van der Waals surface area contributed by atoms with E-state index in [0.717, 1.165) is 12.5 Å². The van der Waals surface area contributed by atoms with Crippen LogP contribution >= 0.6 is 0 Å². The standard InChI is InChI=1S/C18H28N2/c1-3-7-16(8-4-1)15-19-17-9-11-18(12-10-17)20-13-5-2-6-14-20/h9-12,16,19H,1-8,13-15H2. The summed E-state index contributed by atoms with van der Waals surface area (Å²) < 4.78 is 0. The third-order valence-corrected chi connectivity index (χ3v) is 4.91. The Balaban J connectivity index is 1.50. The molecule has 3 rings (SSSR count). The minimum atomic E-state index is 0.894. The second kappa shape index (κ2) is 7.01. The van der Waals surface area contributed by atoms with Crippen LogP contribution in [0.2, 0.25) is 0 Å². The van der Waals surface area contributed by atoms with E-state index >= 15 is 0 Å². The first kappa shape index (κ1) is 13.8. The van der Waals surface area contributed by atoms with Crippen molar-refractivity contribution in [3.8, 4) is 0 Å². The molecule has 1 aromatic rings. The maximum absolute atomic E-state index is 3.63. The summed E-state index contributed by atoms with van der Waals surface area (Å²) in [6, 6.07) is 9.09. The molecule has 2 nitrogen and oxygen atoms in total. The van der Waals surface area contributed by atoms with E-state index < -0.39 is 0 Å². The van der Waals surface area contributed by atoms with Gasteiger partial charge in [-0.15, -0.1) is 0 Å². The highest BCUT2D eigenvalue weighted by Gasteiger charge is 2.13. The van der Waals surface area contributed by atoms with Crippen LogP contribution in [0, 0.1) is 5.92 Å². The number of hydrogen-bond acceptors (Lipinski definition) is 2. The van der Waals surface area contributed by atoms with E-state index in [4.69, 9.17) is 0 Å². The zero-order valence-corrected chi connectivity index (χ0v) is 12.6. The van der Waals surface area contributed by atoms with Crippen LogP contribution < -0.4 is 10.2 Å². The average molecular weight is 272 g/mol. The summed E-state index contributed by atoms with van der Waals surface area (Å²) in [6.07, 6.45) is 11.2. The lowest BCUT2D eigenvalue weighted by Crippen LogP contribution is -2.29. The molecule has 0 radical (unpaired) electrons. The highest BCUT2D eigenvalue weighted by molar-refractivity contribution is 5.55. The fourth-order valence-corrected chi connectivity index (χ4v) is 3.60. The summed E-state index contributed by atoms with van der Waals surface area (Å²) in [6.45, 7) is 3.62. The minimum absolute atomic E-state index is 0.894. The lowest BCUT2D eigenvalue weighted by atomic mass is 9.89. The molecule has 2 aliphatic rings. The van der Waals surface area contributed by atoms with Gasteiger partial charge >= 0.3 is 0 Å². The van der Waals surface area contributed by atoms with Crippen molar-refractivity contribution >= 4 is 11.4 Å². The van der Waals surface area contributed by atoms with Crippen LogP contribution in [0.3, 0.4) is 0 Å². The van der Waals surface area contributed by atoms with Gasteiger partial charge in [0.1, 0.15) is 0 Å². The number of hydrogen-bond donors (Lipinski definition) is 1. The summed E-state index contributed by atoms with van der Waals surface area (Å²) in [7, 11) is 0. The van der Waals surface area contributed by atoms with Crippen LogP contribution in [0.4, 0.5) is 11.4 Å². The van der Waals surface area contributed by atoms with Gasteiger partial charge < -0.3 is 10.2 Å². The smallest absolute Gasteiger partial charge is 0.0367 e. The molecule has 0 bridgehead atoms. The Morgan fingerprint density at radius 1 is 0.850 bits per heavy atom. The van der Waals surface area contributed by atoms with Gasteiger partial charge in [0.15, 0.2) is 0 Å². The summed E-state index contributed by atoms with van der Waals surface area (Å²) in [5.74, 6) is 0.894. The molecule has 2 fully saturated rings. The van der Waals surface area contributed by atoms with Crippen LogP contribution in [0.1, 0.15) is 51.4 Å². The minimum Gasteiger partial charge on any atom is -0.385 e. The molecule has 1 heterocycles. The topological polar surface area (TPSA) is 15.3 Å². The summed E-state index contributed by atoms with van der Waals surface area (Å²) in [4.78, 5) is 2.52. The second-order valence-corrected chi connectivity index (χ2v) is 6.48. The van der Waals surface area contributed by atoms with Crippen LogP contribution in [0.15, 0.2) is 24.3 Å². The van der Waals surface area contributed by atoms with E-state index in [1.807, 2.05) is 0 Å². The fraction of sp³-hybridized carbons (Fsp3) is 0.667. The third kappa shape index (κ3) is 3.68. The van der Waals surface area contributed by atoms with Crippen molar-refractivity contribution in [2.75, 3.05) is 29.9 Å². The molecular formula is C18H28N2. The monoisotopic (exact) mass is 272 g/mol. The Morgan fingerprint density at radius 3 is 2.20 bits per heavy atom. The highest BCUT2D eigenvalue weighted by Crippen LogP contribution is 2.25. The van der Waals surface area contributed by atoms with Crippen molar-refractivity contribution in [2.24, 2.45) is 5.92 Å². The van der Waals surface area contributed by atoms with Crippen LogP contribution in [-0.2, 0) is 0 Å². The van der Waals surface area contributed by atoms with Gasteiger partial charge in [-0.2, -0.15) is 0 Å². The Bertz CT molecular complexity index is 386. The number of nitrogens with zero attached hydrogens (tertiary/aromatic N) is 1. The number of benzene rings is 1.